The van der Waals surface area contributed by atoms with Crippen LogP contribution >= 0.6 is 23.2 Å². The van der Waals surface area contributed by atoms with Crippen molar-refractivity contribution in [3.63, 3.8) is 0 Å². The quantitative estimate of drug-likeness (QED) is 0.527. The number of benzene rings is 2. The molecule has 0 bridgehead atoms. The Hall–Kier alpha value is -2.64. The molecule has 3 rings (SSSR count). The molecule has 1 aliphatic heterocycles. The number of nitro groups is 1. The Balaban J connectivity index is 2.01. The number of nitrogens with zero attached hydrogens (tertiary/aromatic N) is 3. The summed E-state index contributed by atoms with van der Waals surface area (Å²) < 4.78 is 0. The van der Waals surface area contributed by atoms with Crippen LogP contribution in [0.15, 0.2) is 36.4 Å². The number of halogens is 2. The summed E-state index contributed by atoms with van der Waals surface area (Å²) in [6.45, 7) is 2.42. The summed E-state index contributed by atoms with van der Waals surface area (Å²) in [5, 5.41) is 11.6. The molecule has 0 unspecified atom stereocenters. The maximum absolute atomic E-state index is 13.2. The van der Waals surface area contributed by atoms with Gasteiger partial charge < -0.3 is 4.90 Å². The first-order valence-electron chi connectivity index (χ1n) is 8.57. The zero-order chi connectivity index (χ0) is 20.4. The van der Waals surface area contributed by atoms with Gasteiger partial charge >= 0.3 is 0 Å². The summed E-state index contributed by atoms with van der Waals surface area (Å²) in [6, 6.07) is 9.01. The third-order valence-electron chi connectivity index (χ3n) is 4.59. The highest BCUT2D eigenvalue weighted by Gasteiger charge is 2.28. The highest BCUT2D eigenvalue weighted by atomic mass is 35.5. The number of hydrogen-bond acceptors (Lipinski definition) is 4. The number of rotatable bonds is 5. The van der Waals surface area contributed by atoms with Gasteiger partial charge in [-0.05, 0) is 43.2 Å². The number of hydrogen-bond donors (Lipinski definition) is 0. The van der Waals surface area contributed by atoms with Gasteiger partial charge in [0.25, 0.3) is 11.6 Å². The van der Waals surface area contributed by atoms with Crippen LogP contribution in [0.4, 0.5) is 11.4 Å². The Bertz CT molecular complexity index is 964. The normalized spacial score (nSPS) is 13.7. The summed E-state index contributed by atoms with van der Waals surface area (Å²) in [4.78, 5) is 38.8. The first kappa shape index (κ1) is 20.1. The van der Waals surface area contributed by atoms with Crippen molar-refractivity contribution in [1.29, 1.82) is 0 Å². The van der Waals surface area contributed by atoms with E-state index in [1.165, 1.54) is 17.0 Å². The molecule has 0 atom stereocenters. The maximum atomic E-state index is 13.2. The Morgan fingerprint density at radius 2 is 1.96 bits per heavy atom. The van der Waals surface area contributed by atoms with Gasteiger partial charge in [0.15, 0.2) is 0 Å². The summed E-state index contributed by atoms with van der Waals surface area (Å²) >= 11 is 12.1. The standard InChI is InChI=1S/C19H17Cl2N3O4/c1-12-4-6-14(10-16(12)21)23(11-22-8-2-3-18(22)25)19(26)13-5-7-15(20)17(9-13)24(27)28/h4-7,9-10H,2-3,8,11H2,1H3. The molecule has 9 heteroatoms. The molecule has 0 spiro atoms. The lowest BCUT2D eigenvalue weighted by molar-refractivity contribution is -0.384. The van der Waals surface area contributed by atoms with E-state index in [9.17, 15) is 19.7 Å². The van der Waals surface area contributed by atoms with Crippen molar-refractivity contribution in [2.45, 2.75) is 19.8 Å². The van der Waals surface area contributed by atoms with Gasteiger partial charge in [0.1, 0.15) is 11.7 Å². The van der Waals surface area contributed by atoms with Crippen LogP contribution in [0, 0.1) is 17.0 Å². The van der Waals surface area contributed by atoms with Crippen LogP contribution in [-0.4, -0.2) is 34.9 Å². The third kappa shape index (κ3) is 4.10. The molecule has 1 saturated heterocycles. The van der Waals surface area contributed by atoms with E-state index in [1.807, 2.05) is 6.92 Å². The molecule has 1 fully saturated rings. The summed E-state index contributed by atoms with van der Waals surface area (Å²) in [7, 11) is 0. The van der Waals surface area contributed by atoms with Crippen molar-refractivity contribution < 1.29 is 14.5 Å². The molecular formula is C19H17Cl2N3O4. The van der Waals surface area contributed by atoms with E-state index in [0.717, 1.165) is 18.1 Å². The Labute approximate surface area is 171 Å². The van der Waals surface area contributed by atoms with Crippen molar-refractivity contribution in [3.05, 3.63) is 67.7 Å². The van der Waals surface area contributed by atoms with Crippen molar-refractivity contribution in [2.75, 3.05) is 18.1 Å². The molecule has 0 saturated carbocycles. The van der Waals surface area contributed by atoms with Crippen LogP contribution in [0.3, 0.4) is 0 Å². The number of likely N-dealkylation sites (tertiary alicyclic amines) is 1. The molecule has 7 nitrogen and oxygen atoms in total. The molecule has 0 aromatic heterocycles. The average Bonchev–Trinajstić information content (AvgIpc) is 3.06. The second-order valence-electron chi connectivity index (χ2n) is 6.49. The highest BCUT2D eigenvalue weighted by Crippen LogP contribution is 2.29. The largest absolute Gasteiger partial charge is 0.324 e. The second kappa shape index (κ2) is 8.16. The third-order valence-corrected chi connectivity index (χ3v) is 5.31. The smallest absolute Gasteiger partial charge is 0.288 e. The zero-order valence-corrected chi connectivity index (χ0v) is 16.5. The van der Waals surface area contributed by atoms with Gasteiger partial charge in [-0.3, -0.25) is 24.6 Å². The van der Waals surface area contributed by atoms with Crippen LogP contribution in [0.2, 0.25) is 10.0 Å². The number of amides is 2. The van der Waals surface area contributed by atoms with Crippen molar-refractivity contribution in [3.8, 4) is 0 Å². The SMILES string of the molecule is Cc1ccc(N(CN2CCCC2=O)C(=O)c2ccc(Cl)c([N+](=O)[O-])c2)cc1Cl. The molecule has 0 aliphatic carbocycles. The molecule has 2 aromatic rings. The molecule has 1 aliphatic rings. The fourth-order valence-corrected chi connectivity index (χ4v) is 3.34. The number of nitro benzene ring substituents is 1. The molecule has 2 amide bonds. The van der Waals surface area contributed by atoms with Crippen LogP contribution in [0.1, 0.15) is 28.8 Å². The molecule has 146 valence electrons. The summed E-state index contributed by atoms with van der Waals surface area (Å²) in [5.74, 6) is -0.530. The first-order chi connectivity index (χ1) is 13.3. The monoisotopic (exact) mass is 421 g/mol. The van der Waals surface area contributed by atoms with Crippen LogP contribution in [-0.2, 0) is 4.79 Å². The lowest BCUT2D eigenvalue weighted by Gasteiger charge is -2.28. The number of carbonyl (C=O) groups is 2. The molecule has 0 N–H and O–H groups in total. The van der Waals surface area contributed by atoms with Crippen LogP contribution < -0.4 is 4.90 Å². The lowest BCUT2D eigenvalue weighted by Crippen LogP contribution is -2.42. The van der Waals surface area contributed by atoms with Gasteiger partial charge in [-0.1, -0.05) is 29.3 Å². The van der Waals surface area contributed by atoms with E-state index in [4.69, 9.17) is 23.2 Å². The van der Waals surface area contributed by atoms with E-state index in [0.29, 0.717) is 23.7 Å². The van der Waals surface area contributed by atoms with Gasteiger partial charge in [0.05, 0.1) is 4.92 Å². The van der Waals surface area contributed by atoms with E-state index in [1.54, 1.807) is 23.1 Å². The molecule has 0 radical (unpaired) electrons. The predicted molar refractivity (Wildman–Crippen MR) is 107 cm³/mol. The average molecular weight is 422 g/mol. The van der Waals surface area contributed by atoms with Gasteiger partial charge in [-0.25, -0.2) is 0 Å². The molecule has 1 heterocycles. The minimum Gasteiger partial charge on any atom is -0.324 e. The van der Waals surface area contributed by atoms with Crippen LogP contribution in [0.25, 0.3) is 0 Å². The van der Waals surface area contributed by atoms with Gasteiger partial charge in [0.2, 0.25) is 5.91 Å². The van der Waals surface area contributed by atoms with E-state index < -0.39 is 10.8 Å². The topological polar surface area (TPSA) is 83.8 Å². The fourth-order valence-electron chi connectivity index (χ4n) is 2.98. The maximum Gasteiger partial charge on any atom is 0.288 e. The first-order valence-corrected chi connectivity index (χ1v) is 9.33. The summed E-state index contributed by atoms with van der Waals surface area (Å²) in [5.41, 5.74) is 1.08. The van der Waals surface area contributed by atoms with E-state index in [-0.39, 0.29) is 28.8 Å². The number of carbonyl (C=O) groups excluding carboxylic acids is 2. The molecular weight excluding hydrogens is 405 g/mol. The Morgan fingerprint density at radius 3 is 2.57 bits per heavy atom. The molecule has 28 heavy (non-hydrogen) atoms. The number of aryl methyl sites for hydroxylation is 1. The molecule has 2 aromatic carbocycles. The lowest BCUT2D eigenvalue weighted by atomic mass is 10.1. The van der Waals surface area contributed by atoms with Crippen molar-refractivity contribution in [1.82, 2.24) is 4.90 Å². The Morgan fingerprint density at radius 1 is 1.21 bits per heavy atom. The van der Waals surface area contributed by atoms with Gasteiger partial charge in [-0.2, -0.15) is 0 Å². The predicted octanol–water partition coefficient (Wildman–Crippen LogP) is 4.44. The summed E-state index contributed by atoms with van der Waals surface area (Å²) in [6.07, 6.45) is 1.16. The van der Waals surface area contributed by atoms with Gasteiger partial charge in [0, 0.05) is 35.3 Å². The van der Waals surface area contributed by atoms with E-state index >= 15 is 0 Å². The number of anilines is 1. The fraction of sp³-hybridized carbons (Fsp3) is 0.263. The second-order valence-corrected chi connectivity index (χ2v) is 7.31. The van der Waals surface area contributed by atoms with Crippen molar-refractivity contribution in [2.24, 2.45) is 0 Å². The van der Waals surface area contributed by atoms with Gasteiger partial charge in [-0.15, -0.1) is 0 Å². The Kier molecular flexibility index (Phi) is 5.86. The minimum atomic E-state index is -0.643. The minimum absolute atomic E-state index is 0.0352. The van der Waals surface area contributed by atoms with Crippen molar-refractivity contribution >= 4 is 46.4 Å². The van der Waals surface area contributed by atoms with Crippen LogP contribution in [0.5, 0.6) is 0 Å². The van der Waals surface area contributed by atoms with E-state index in [2.05, 4.69) is 0 Å². The highest BCUT2D eigenvalue weighted by molar-refractivity contribution is 6.33. The zero-order valence-electron chi connectivity index (χ0n) is 15.0.